The van der Waals surface area contributed by atoms with E-state index in [1.54, 1.807) is 6.07 Å². The Hall–Kier alpha value is -2.22. The van der Waals surface area contributed by atoms with Crippen LogP contribution in [0.15, 0.2) is 24.3 Å². The van der Waals surface area contributed by atoms with Gasteiger partial charge in [0, 0.05) is 37.9 Å². The lowest BCUT2D eigenvalue weighted by Crippen LogP contribution is -2.52. The van der Waals surface area contributed by atoms with Crippen molar-refractivity contribution in [1.82, 2.24) is 10.2 Å². The molecule has 0 unspecified atom stereocenters. The molecule has 1 aliphatic heterocycles. The minimum absolute atomic E-state index is 0.00502. The highest BCUT2D eigenvalue weighted by atomic mass is 16.2. The highest BCUT2D eigenvalue weighted by Gasteiger charge is 2.21. The molecule has 0 atom stereocenters. The summed E-state index contributed by atoms with van der Waals surface area (Å²) < 4.78 is 0. The Labute approximate surface area is 119 Å². The van der Waals surface area contributed by atoms with Crippen molar-refractivity contribution < 1.29 is 4.79 Å². The number of amides is 2. The summed E-state index contributed by atoms with van der Waals surface area (Å²) in [6, 6.07) is 9.91. The van der Waals surface area contributed by atoms with Crippen LogP contribution in [-0.2, 0) is 0 Å². The van der Waals surface area contributed by atoms with Gasteiger partial charge in [-0.2, -0.15) is 5.26 Å². The number of rotatable bonds is 2. The van der Waals surface area contributed by atoms with E-state index < -0.39 is 0 Å². The zero-order valence-electron chi connectivity index (χ0n) is 12.0. The molecular formula is C15H20N4O. The third kappa shape index (κ3) is 3.41. The Morgan fingerprint density at radius 1 is 1.30 bits per heavy atom. The molecule has 2 rings (SSSR count). The predicted octanol–water partition coefficient (Wildman–Crippen LogP) is 1.80. The fourth-order valence-electron chi connectivity index (χ4n) is 2.28. The number of anilines is 1. The normalized spacial score (nSPS) is 15.1. The average molecular weight is 272 g/mol. The van der Waals surface area contributed by atoms with Crippen LogP contribution >= 0.6 is 0 Å². The molecule has 1 aromatic carbocycles. The summed E-state index contributed by atoms with van der Waals surface area (Å²) in [6.45, 7) is 6.91. The minimum atomic E-state index is 0.00502. The Morgan fingerprint density at radius 3 is 2.60 bits per heavy atom. The second kappa shape index (κ2) is 6.29. The van der Waals surface area contributed by atoms with Crippen molar-refractivity contribution in [3.8, 4) is 6.07 Å². The van der Waals surface area contributed by atoms with Gasteiger partial charge in [-0.15, -0.1) is 0 Å². The van der Waals surface area contributed by atoms with Crippen molar-refractivity contribution in [3.63, 3.8) is 0 Å². The monoisotopic (exact) mass is 272 g/mol. The first-order valence-electron chi connectivity index (χ1n) is 6.90. The van der Waals surface area contributed by atoms with Crippen LogP contribution in [0.4, 0.5) is 10.5 Å². The van der Waals surface area contributed by atoms with Crippen LogP contribution in [0.2, 0.25) is 0 Å². The van der Waals surface area contributed by atoms with Crippen LogP contribution in [0.3, 0.4) is 0 Å². The Balaban J connectivity index is 1.94. The highest BCUT2D eigenvalue weighted by molar-refractivity contribution is 5.74. The van der Waals surface area contributed by atoms with Crippen LogP contribution < -0.4 is 10.2 Å². The second-order valence-corrected chi connectivity index (χ2v) is 5.24. The molecule has 0 spiro atoms. The topological polar surface area (TPSA) is 59.4 Å². The van der Waals surface area contributed by atoms with Crippen molar-refractivity contribution >= 4 is 11.7 Å². The van der Waals surface area contributed by atoms with E-state index in [4.69, 9.17) is 5.26 Å². The van der Waals surface area contributed by atoms with Gasteiger partial charge in [-0.3, -0.25) is 0 Å². The minimum Gasteiger partial charge on any atom is -0.368 e. The zero-order valence-corrected chi connectivity index (χ0v) is 12.0. The van der Waals surface area contributed by atoms with Gasteiger partial charge in [-0.25, -0.2) is 4.79 Å². The molecule has 5 nitrogen and oxygen atoms in total. The second-order valence-electron chi connectivity index (χ2n) is 5.24. The van der Waals surface area contributed by atoms with E-state index >= 15 is 0 Å². The molecule has 5 heteroatoms. The first-order valence-corrected chi connectivity index (χ1v) is 6.90. The highest BCUT2D eigenvalue weighted by Crippen LogP contribution is 2.17. The van der Waals surface area contributed by atoms with Gasteiger partial charge < -0.3 is 15.1 Å². The molecule has 1 fully saturated rings. The maximum atomic E-state index is 11.9. The van der Waals surface area contributed by atoms with Crippen LogP contribution in [0, 0.1) is 11.3 Å². The van der Waals surface area contributed by atoms with Crippen molar-refractivity contribution in [2.24, 2.45) is 0 Å². The molecule has 0 saturated carbocycles. The molecule has 0 radical (unpaired) electrons. The summed E-state index contributed by atoms with van der Waals surface area (Å²) in [5.41, 5.74) is 1.72. The number of hydrogen-bond acceptors (Lipinski definition) is 3. The van der Waals surface area contributed by atoms with E-state index in [-0.39, 0.29) is 12.1 Å². The predicted molar refractivity (Wildman–Crippen MR) is 78.6 cm³/mol. The van der Waals surface area contributed by atoms with E-state index in [2.05, 4.69) is 16.3 Å². The lowest BCUT2D eigenvalue weighted by molar-refractivity contribution is 0.192. The van der Waals surface area contributed by atoms with Crippen molar-refractivity contribution in [1.29, 1.82) is 5.26 Å². The number of urea groups is 1. The number of hydrogen-bond donors (Lipinski definition) is 1. The first-order chi connectivity index (χ1) is 9.60. The molecule has 1 aliphatic rings. The fourth-order valence-corrected chi connectivity index (χ4v) is 2.28. The summed E-state index contributed by atoms with van der Waals surface area (Å²) in [4.78, 5) is 16.0. The van der Waals surface area contributed by atoms with Crippen LogP contribution in [0.5, 0.6) is 0 Å². The standard InChI is InChI=1S/C15H20N4O/c1-12(2)17-15(20)19-8-6-18(7-9-19)14-5-3-4-13(10-14)11-16/h3-5,10,12H,6-9H2,1-2H3,(H,17,20). The lowest BCUT2D eigenvalue weighted by Gasteiger charge is -2.36. The number of carbonyl (C=O) groups excluding carboxylic acids is 1. The molecule has 2 amide bonds. The third-order valence-corrected chi connectivity index (χ3v) is 3.32. The van der Waals surface area contributed by atoms with Crippen molar-refractivity contribution in [2.45, 2.75) is 19.9 Å². The molecule has 0 aromatic heterocycles. The third-order valence-electron chi connectivity index (χ3n) is 3.32. The number of nitrogens with one attached hydrogen (secondary N) is 1. The SMILES string of the molecule is CC(C)NC(=O)N1CCN(c2cccc(C#N)c2)CC1. The number of benzene rings is 1. The first kappa shape index (κ1) is 14.2. The lowest BCUT2D eigenvalue weighted by atomic mass is 10.2. The molecular weight excluding hydrogens is 252 g/mol. The van der Waals surface area contributed by atoms with E-state index in [9.17, 15) is 4.79 Å². The van der Waals surface area contributed by atoms with Crippen molar-refractivity contribution in [2.75, 3.05) is 31.1 Å². The maximum absolute atomic E-state index is 11.9. The summed E-state index contributed by atoms with van der Waals surface area (Å²) in [5, 5.41) is 11.8. The van der Waals surface area contributed by atoms with Gasteiger partial charge in [-0.05, 0) is 32.0 Å². The number of nitriles is 1. The van der Waals surface area contributed by atoms with Gasteiger partial charge >= 0.3 is 6.03 Å². The summed E-state index contributed by atoms with van der Waals surface area (Å²) >= 11 is 0. The molecule has 0 aliphatic carbocycles. The molecule has 20 heavy (non-hydrogen) atoms. The van der Waals surface area contributed by atoms with Crippen LogP contribution in [-0.4, -0.2) is 43.2 Å². The molecule has 106 valence electrons. The molecule has 1 saturated heterocycles. The van der Waals surface area contributed by atoms with E-state index in [1.165, 1.54) is 0 Å². The Bertz CT molecular complexity index is 513. The number of nitrogens with zero attached hydrogens (tertiary/aromatic N) is 3. The van der Waals surface area contributed by atoms with Gasteiger partial charge in [0.25, 0.3) is 0 Å². The van der Waals surface area contributed by atoms with Crippen LogP contribution in [0.1, 0.15) is 19.4 Å². The van der Waals surface area contributed by atoms with Crippen LogP contribution in [0.25, 0.3) is 0 Å². The molecule has 1 N–H and O–H groups in total. The molecule has 1 heterocycles. The van der Waals surface area contributed by atoms with Gasteiger partial charge in [-0.1, -0.05) is 6.07 Å². The van der Waals surface area contributed by atoms with E-state index in [0.717, 1.165) is 18.8 Å². The van der Waals surface area contributed by atoms with Gasteiger partial charge in [0.15, 0.2) is 0 Å². The maximum Gasteiger partial charge on any atom is 0.317 e. The van der Waals surface area contributed by atoms with Gasteiger partial charge in [0.1, 0.15) is 0 Å². The Morgan fingerprint density at radius 2 is 2.00 bits per heavy atom. The largest absolute Gasteiger partial charge is 0.368 e. The fraction of sp³-hybridized carbons (Fsp3) is 0.467. The van der Waals surface area contributed by atoms with E-state index in [0.29, 0.717) is 18.7 Å². The molecule has 0 bridgehead atoms. The summed E-state index contributed by atoms with van der Waals surface area (Å²) in [5.74, 6) is 0. The van der Waals surface area contributed by atoms with Gasteiger partial charge in [0.2, 0.25) is 0 Å². The summed E-state index contributed by atoms with van der Waals surface area (Å²) in [6.07, 6.45) is 0. The quantitative estimate of drug-likeness (QED) is 0.893. The summed E-state index contributed by atoms with van der Waals surface area (Å²) in [7, 11) is 0. The van der Waals surface area contributed by atoms with Gasteiger partial charge in [0.05, 0.1) is 11.6 Å². The zero-order chi connectivity index (χ0) is 14.5. The number of piperazine rings is 1. The number of carbonyl (C=O) groups is 1. The average Bonchev–Trinajstić information content (AvgIpc) is 2.47. The van der Waals surface area contributed by atoms with E-state index in [1.807, 2.05) is 36.9 Å². The smallest absolute Gasteiger partial charge is 0.317 e. The molecule has 1 aromatic rings. The van der Waals surface area contributed by atoms with Crippen molar-refractivity contribution in [3.05, 3.63) is 29.8 Å². The Kier molecular flexibility index (Phi) is 4.46.